The standard InChI is InChI=1S/C16H34O5Si/c1-5-7-9-15(6-2)12-21-22(17-3,18-4)11-8-10-19-13-16-14-20-16/h15-16H,5-14H2,1-4H3. The van der Waals surface area contributed by atoms with Crippen LogP contribution in [-0.4, -0.2) is 55.6 Å². The van der Waals surface area contributed by atoms with Gasteiger partial charge in [-0.1, -0.05) is 33.1 Å². The van der Waals surface area contributed by atoms with E-state index in [4.69, 9.17) is 22.8 Å². The maximum Gasteiger partial charge on any atom is 0.500 e. The Morgan fingerprint density at radius 2 is 1.91 bits per heavy atom. The van der Waals surface area contributed by atoms with Crippen LogP contribution in [0.2, 0.25) is 6.04 Å². The Balaban J connectivity index is 2.26. The van der Waals surface area contributed by atoms with Crippen LogP contribution in [0.4, 0.5) is 0 Å². The van der Waals surface area contributed by atoms with Gasteiger partial charge in [-0.2, -0.15) is 0 Å². The minimum atomic E-state index is -2.53. The zero-order chi connectivity index (χ0) is 16.3. The van der Waals surface area contributed by atoms with Crippen molar-refractivity contribution in [2.24, 2.45) is 5.92 Å². The van der Waals surface area contributed by atoms with Gasteiger partial charge in [-0.25, -0.2) is 0 Å². The molecule has 0 amide bonds. The molecule has 0 spiro atoms. The zero-order valence-electron chi connectivity index (χ0n) is 14.8. The minimum Gasteiger partial charge on any atom is -0.379 e. The van der Waals surface area contributed by atoms with Gasteiger partial charge in [0.15, 0.2) is 0 Å². The predicted octanol–water partition coefficient (Wildman–Crippen LogP) is 3.26. The molecule has 0 aromatic heterocycles. The molecule has 2 atom stereocenters. The molecule has 0 aromatic rings. The average Bonchev–Trinajstić information content (AvgIpc) is 3.37. The molecule has 6 heteroatoms. The maximum absolute atomic E-state index is 6.13. The maximum atomic E-state index is 6.13. The van der Waals surface area contributed by atoms with Crippen molar-refractivity contribution in [3.8, 4) is 0 Å². The molecule has 0 radical (unpaired) electrons. The van der Waals surface area contributed by atoms with Crippen LogP contribution in [0, 0.1) is 5.92 Å². The summed E-state index contributed by atoms with van der Waals surface area (Å²) in [5.41, 5.74) is 0. The van der Waals surface area contributed by atoms with Crippen molar-refractivity contribution in [3.05, 3.63) is 0 Å². The molecule has 0 saturated carbocycles. The first kappa shape index (κ1) is 20.1. The molecule has 22 heavy (non-hydrogen) atoms. The van der Waals surface area contributed by atoms with Crippen LogP contribution in [0.25, 0.3) is 0 Å². The van der Waals surface area contributed by atoms with Crippen molar-refractivity contribution < 1.29 is 22.8 Å². The van der Waals surface area contributed by atoms with Crippen molar-refractivity contribution in [2.75, 3.05) is 40.6 Å². The molecule has 0 aromatic carbocycles. The fraction of sp³-hybridized carbons (Fsp3) is 1.00. The Hall–Kier alpha value is 0.0169. The summed E-state index contributed by atoms with van der Waals surface area (Å²) >= 11 is 0. The van der Waals surface area contributed by atoms with Crippen LogP contribution in [0.5, 0.6) is 0 Å². The van der Waals surface area contributed by atoms with Crippen molar-refractivity contribution >= 4 is 8.80 Å². The van der Waals surface area contributed by atoms with Crippen LogP contribution >= 0.6 is 0 Å². The lowest BCUT2D eigenvalue weighted by Gasteiger charge is -2.28. The minimum absolute atomic E-state index is 0.326. The topological polar surface area (TPSA) is 49.5 Å². The van der Waals surface area contributed by atoms with E-state index in [0.29, 0.717) is 25.2 Å². The lowest BCUT2D eigenvalue weighted by atomic mass is 10.0. The van der Waals surface area contributed by atoms with Crippen molar-refractivity contribution in [2.45, 2.75) is 58.1 Å². The first-order valence-electron chi connectivity index (χ1n) is 8.63. The van der Waals surface area contributed by atoms with Gasteiger partial charge in [-0.05, 0) is 18.8 Å². The molecule has 0 bridgehead atoms. The first-order chi connectivity index (χ1) is 10.7. The molecule has 0 aliphatic carbocycles. The number of ether oxygens (including phenoxy) is 2. The summed E-state index contributed by atoms with van der Waals surface area (Å²) in [7, 11) is 0.858. The summed E-state index contributed by atoms with van der Waals surface area (Å²) < 4.78 is 28.1. The normalized spacial score (nSPS) is 19.4. The molecule has 2 unspecified atom stereocenters. The summed E-state index contributed by atoms with van der Waals surface area (Å²) in [6, 6.07) is 0.801. The molecule has 1 heterocycles. The zero-order valence-corrected chi connectivity index (χ0v) is 15.8. The third kappa shape index (κ3) is 8.03. The molecule has 1 rings (SSSR count). The van der Waals surface area contributed by atoms with Gasteiger partial charge in [-0.15, -0.1) is 0 Å². The van der Waals surface area contributed by atoms with Gasteiger partial charge in [0, 0.05) is 33.5 Å². The number of hydrogen-bond acceptors (Lipinski definition) is 5. The molecular weight excluding hydrogens is 300 g/mol. The second-order valence-electron chi connectivity index (χ2n) is 5.95. The summed E-state index contributed by atoms with van der Waals surface area (Å²) in [5.74, 6) is 0.598. The summed E-state index contributed by atoms with van der Waals surface area (Å²) in [6.45, 7) is 7.43. The highest BCUT2D eigenvalue weighted by molar-refractivity contribution is 6.60. The van der Waals surface area contributed by atoms with E-state index < -0.39 is 8.80 Å². The monoisotopic (exact) mass is 334 g/mol. The van der Waals surface area contributed by atoms with Gasteiger partial charge in [-0.3, -0.25) is 0 Å². The Morgan fingerprint density at radius 3 is 2.45 bits per heavy atom. The SMILES string of the molecule is CCCCC(CC)CO[Si](CCCOCC1CO1)(OC)OC. The summed E-state index contributed by atoms with van der Waals surface area (Å²) in [6.07, 6.45) is 6.07. The van der Waals surface area contributed by atoms with Gasteiger partial charge in [0.05, 0.1) is 13.2 Å². The number of hydrogen-bond donors (Lipinski definition) is 0. The fourth-order valence-electron chi connectivity index (χ4n) is 2.39. The second-order valence-corrected chi connectivity index (χ2v) is 8.92. The molecular formula is C16H34O5Si. The fourth-order valence-corrected chi connectivity index (χ4v) is 4.41. The van der Waals surface area contributed by atoms with E-state index in [1.807, 2.05) is 0 Å². The first-order valence-corrected chi connectivity index (χ1v) is 10.6. The molecule has 5 nitrogen and oxygen atoms in total. The summed E-state index contributed by atoms with van der Waals surface area (Å²) in [5, 5.41) is 0. The van der Waals surface area contributed by atoms with Crippen LogP contribution in [0.3, 0.4) is 0 Å². The third-order valence-corrected chi connectivity index (χ3v) is 7.00. The molecule has 1 aliphatic heterocycles. The van der Waals surface area contributed by atoms with E-state index in [1.54, 1.807) is 14.2 Å². The smallest absolute Gasteiger partial charge is 0.379 e. The molecule has 1 aliphatic rings. The molecule has 1 saturated heterocycles. The second kappa shape index (κ2) is 11.5. The summed E-state index contributed by atoms with van der Waals surface area (Å²) in [4.78, 5) is 0. The highest BCUT2D eigenvalue weighted by atomic mass is 28.4. The quantitative estimate of drug-likeness (QED) is 0.261. The van der Waals surface area contributed by atoms with Crippen molar-refractivity contribution in [1.29, 1.82) is 0 Å². The van der Waals surface area contributed by atoms with Crippen LogP contribution < -0.4 is 0 Å². The average molecular weight is 335 g/mol. The number of unbranched alkanes of at least 4 members (excludes halogenated alkanes) is 1. The highest BCUT2D eigenvalue weighted by Gasteiger charge is 2.39. The van der Waals surface area contributed by atoms with Crippen molar-refractivity contribution in [1.82, 2.24) is 0 Å². The van der Waals surface area contributed by atoms with E-state index in [1.165, 1.54) is 19.3 Å². The third-order valence-electron chi connectivity index (χ3n) is 4.18. The van der Waals surface area contributed by atoms with E-state index in [9.17, 15) is 0 Å². The van der Waals surface area contributed by atoms with Gasteiger partial charge < -0.3 is 22.8 Å². The Labute approximate surface area is 137 Å². The van der Waals surface area contributed by atoms with Gasteiger partial charge in [0.2, 0.25) is 0 Å². The Kier molecular flexibility index (Phi) is 10.5. The molecule has 132 valence electrons. The van der Waals surface area contributed by atoms with Crippen LogP contribution in [-0.2, 0) is 22.8 Å². The lowest BCUT2D eigenvalue weighted by molar-refractivity contribution is 0.0719. The van der Waals surface area contributed by atoms with E-state index >= 15 is 0 Å². The van der Waals surface area contributed by atoms with Gasteiger partial charge >= 0.3 is 8.80 Å². The Bertz CT molecular complexity index is 269. The lowest BCUT2D eigenvalue weighted by Crippen LogP contribution is -2.45. The van der Waals surface area contributed by atoms with Gasteiger partial charge in [0.25, 0.3) is 0 Å². The number of rotatable bonds is 15. The van der Waals surface area contributed by atoms with Crippen LogP contribution in [0.1, 0.15) is 46.0 Å². The molecule has 0 N–H and O–H groups in total. The van der Waals surface area contributed by atoms with Gasteiger partial charge in [0.1, 0.15) is 6.10 Å². The van der Waals surface area contributed by atoms with Crippen LogP contribution in [0.15, 0.2) is 0 Å². The molecule has 1 fully saturated rings. The Morgan fingerprint density at radius 1 is 1.18 bits per heavy atom. The number of epoxide rings is 1. The van der Waals surface area contributed by atoms with E-state index in [0.717, 1.165) is 32.1 Å². The highest BCUT2D eigenvalue weighted by Crippen LogP contribution is 2.21. The predicted molar refractivity (Wildman–Crippen MR) is 89.0 cm³/mol. The van der Waals surface area contributed by atoms with E-state index in [-0.39, 0.29) is 0 Å². The largest absolute Gasteiger partial charge is 0.500 e. The van der Waals surface area contributed by atoms with E-state index in [2.05, 4.69) is 13.8 Å². The van der Waals surface area contributed by atoms with Crippen molar-refractivity contribution in [3.63, 3.8) is 0 Å².